The number of likely N-dealkylation sites (tertiary alicyclic amines) is 1. The number of para-hydroxylation sites is 1. The SMILES string of the molecule is O=C(c1cccc2c1OC(F)(F)O2)N1CCC2(CC1)OCc1ccccc12. The van der Waals surface area contributed by atoms with E-state index >= 15 is 0 Å². The van der Waals surface area contributed by atoms with E-state index < -0.39 is 6.29 Å². The second-order valence-electron chi connectivity index (χ2n) is 7.03. The maximum Gasteiger partial charge on any atom is 0.586 e. The monoisotopic (exact) mass is 373 g/mol. The van der Waals surface area contributed by atoms with Gasteiger partial charge in [-0.2, -0.15) is 0 Å². The van der Waals surface area contributed by atoms with Crippen LogP contribution in [0.5, 0.6) is 11.5 Å². The molecule has 2 aromatic rings. The van der Waals surface area contributed by atoms with Crippen molar-refractivity contribution in [3.63, 3.8) is 0 Å². The summed E-state index contributed by atoms with van der Waals surface area (Å²) in [6.45, 7) is 1.54. The Morgan fingerprint density at radius 1 is 1.00 bits per heavy atom. The number of ether oxygens (including phenoxy) is 3. The van der Waals surface area contributed by atoms with E-state index in [9.17, 15) is 13.6 Å². The number of rotatable bonds is 1. The van der Waals surface area contributed by atoms with Crippen molar-refractivity contribution in [1.29, 1.82) is 0 Å². The van der Waals surface area contributed by atoms with Gasteiger partial charge in [0.1, 0.15) is 0 Å². The minimum Gasteiger partial charge on any atom is -0.395 e. The minimum absolute atomic E-state index is 0.0911. The van der Waals surface area contributed by atoms with Gasteiger partial charge in [-0.1, -0.05) is 30.3 Å². The Kier molecular flexibility index (Phi) is 3.46. The highest BCUT2D eigenvalue weighted by molar-refractivity contribution is 5.98. The van der Waals surface area contributed by atoms with E-state index in [1.165, 1.54) is 29.3 Å². The molecule has 1 fully saturated rings. The van der Waals surface area contributed by atoms with Crippen molar-refractivity contribution < 1.29 is 27.8 Å². The first kappa shape index (κ1) is 16.5. The smallest absolute Gasteiger partial charge is 0.395 e. The molecule has 3 aliphatic heterocycles. The number of carbonyl (C=O) groups excluding carboxylic acids is 1. The van der Waals surface area contributed by atoms with Gasteiger partial charge < -0.3 is 19.1 Å². The average molecular weight is 373 g/mol. The van der Waals surface area contributed by atoms with E-state index in [0.29, 0.717) is 32.5 Å². The van der Waals surface area contributed by atoms with Gasteiger partial charge in [-0.15, -0.1) is 8.78 Å². The molecule has 5 rings (SSSR count). The topological polar surface area (TPSA) is 48.0 Å². The first-order valence-electron chi connectivity index (χ1n) is 8.88. The highest BCUT2D eigenvalue weighted by Gasteiger charge is 2.47. The molecule has 0 radical (unpaired) electrons. The summed E-state index contributed by atoms with van der Waals surface area (Å²) < 4.78 is 41.9. The van der Waals surface area contributed by atoms with E-state index in [1.807, 2.05) is 12.1 Å². The molecule has 2 aromatic carbocycles. The molecule has 0 N–H and O–H groups in total. The van der Waals surface area contributed by atoms with Crippen LogP contribution in [0.2, 0.25) is 0 Å². The molecule has 0 bridgehead atoms. The van der Waals surface area contributed by atoms with Crippen LogP contribution in [-0.4, -0.2) is 30.2 Å². The standard InChI is InChI=1S/C20H17F2NO4/c21-20(22)26-16-7-3-5-14(17(16)27-20)18(24)23-10-8-19(9-11-23)15-6-2-1-4-13(15)12-25-19/h1-7H,8-12H2. The van der Waals surface area contributed by atoms with Crippen LogP contribution in [0, 0.1) is 0 Å². The molecule has 27 heavy (non-hydrogen) atoms. The summed E-state index contributed by atoms with van der Waals surface area (Å²) in [7, 11) is 0. The Bertz CT molecular complexity index is 922. The van der Waals surface area contributed by atoms with Crippen LogP contribution in [0.4, 0.5) is 8.78 Å². The highest BCUT2D eigenvalue weighted by Crippen LogP contribution is 2.46. The summed E-state index contributed by atoms with van der Waals surface area (Å²) in [5.41, 5.74) is 2.10. The Labute approximate surface area is 154 Å². The fourth-order valence-corrected chi connectivity index (χ4v) is 4.18. The van der Waals surface area contributed by atoms with E-state index in [2.05, 4.69) is 21.6 Å². The van der Waals surface area contributed by atoms with Crippen molar-refractivity contribution >= 4 is 5.91 Å². The predicted molar refractivity (Wildman–Crippen MR) is 90.7 cm³/mol. The van der Waals surface area contributed by atoms with E-state index in [4.69, 9.17) is 4.74 Å². The predicted octanol–water partition coefficient (Wildman–Crippen LogP) is 3.67. The molecule has 1 saturated heterocycles. The number of alkyl halides is 2. The fourth-order valence-electron chi connectivity index (χ4n) is 4.18. The molecule has 0 saturated carbocycles. The van der Waals surface area contributed by atoms with Crippen LogP contribution in [0.25, 0.3) is 0 Å². The lowest BCUT2D eigenvalue weighted by molar-refractivity contribution is -0.286. The van der Waals surface area contributed by atoms with Gasteiger partial charge >= 0.3 is 6.29 Å². The van der Waals surface area contributed by atoms with Gasteiger partial charge in [0, 0.05) is 13.1 Å². The zero-order valence-corrected chi connectivity index (χ0v) is 14.4. The molecule has 0 unspecified atom stereocenters. The second-order valence-corrected chi connectivity index (χ2v) is 7.03. The molecule has 7 heteroatoms. The van der Waals surface area contributed by atoms with E-state index in [0.717, 1.165) is 0 Å². The molecular weight excluding hydrogens is 356 g/mol. The Balaban J connectivity index is 1.36. The molecule has 1 spiro atoms. The van der Waals surface area contributed by atoms with Crippen molar-refractivity contribution in [1.82, 2.24) is 4.90 Å². The van der Waals surface area contributed by atoms with Gasteiger partial charge in [-0.3, -0.25) is 4.79 Å². The summed E-state index contributed by atoms with van der Waals surface area (Å²) in [5, 5.41) is 0. The quantitative estimate of drug-likeness (QED) is 0.765. The van der Waals surface area contributed by atoms with Crippen LogP contribution < -0.4 is 9.47 Å². The second kappa shape index (κ2) is 5.66. The molecule has 140 valence electrons. The highest BCUT2D eigenvalue weighted by atomic mass is 19.3. The first-order valence-corrected chi connectivity index (χ1v) is 8.88. The third-order valence-corrected chi connectivity index (χ3v) is 5.53. The molecule has 5 nitrogen and oxygen atoms in total. The fraction of sp³-hybridized carbons (Fsp3) is 0.350. The van der Waals surface area contributed by atoms with Crippen molar-refractivity contribution in [2.45, 2.75) is 31.3 Å². The van der Waals surface area contributed by atoms with Gasteiger partial charge in [-0.05, 0) is 36.1 Å². The zero-order valence-electron chi connectivity index (χ0n) is 14.4. The Morgan fingerprint density at radius 2 is 1.78 bits per heavy atom. The van der Waals surface area contributed by atoms with Crippen LogP contribution in [0.1, 0.15) is 34.3 Å². The molecule has 0 aliphatic carbocycles. The minimum atomic E-state index is -3.74. The molecule has 3 aliphatic rings. The van der Waals surface area contributed by atoms with Gasteiger partial charge in [0.25, 0.3) is 5.91 Å². The summed E-state index contributed by atoms with van der Waals surface area (Å²) >= 11 is 0. The van der Waals surface area contributed by atoms with Crippen molar-refractivity contribution in [3.8, 4) is 11.5 Å². The van der Waals surface area contributed by atoms with Gasteiger partial charge in [0.05, 0.1) is 17.8 Å². The zero-order chi connectivity index (χ0) is 18.6. The number of piperidine rings is 1. The molecule has 0 aromatic heterocycles. The largest absolute Gasteiger partial charge is 0.586 e. The van der Waals surface area contributed by atoms with Crippen LogP contribution >= 0.6 is 0 Å². The number of nitrogens with zero attached hydrogens (tertiary/aromatic N) is 1. The van der Waals surface area contributed by atoms with Crippen molar-refractivity contribution in [3.05, 3.63) is 59.2 Å². The first-order chi connectivity index (χ1) is 13.0. The number of hydrogen-bond donors (Lipinski definition) is 0. The lowest BCUT2D eigenvalue weighted by Gasteiger charge is -2.39. The summed E-state index contributed by atoms with van der Waals surface area (Å²) in [6, 6.07) is 12.5. The Morgan fingerprint density at radius 3 is 2.59 bits per heavy atom. The maximum atomic E-state index is 13.4. The van der Waals surface area contributed by atoms with Gasteiger partial charge in [0.2, 0.25) is 0 Å². The average Bonchev–Trinajstić information content (AvgIpc) is 3.18. The number of benzene rings is 2. The third-order valence-electron chi connectivity index (χ3n) is 5.53. The van der Waals surface area contributed by atoms with E-state index in [1.54, 1.807) is 4.90 Å². The number of hydrogen-bond acceptors (Lipinski definition) is 4. The molecular formula is C20H17F2NO4. The molecule has 1 amide bonds. The lowest BCUT2D eigenvalue weighted by Crippen LogP contribution is -2.45. The van der Waals surface area contributed by atoms with Crippen LogP contribution in [-0.2, 0) is 16.9 Å². The lowest BCUT2D eigenvalue weighted by atomic mass is 9.83. The number of fused-ring (bicyclic) bond motifs is 3. The van der Waals surface area contributed by atoms with Gasteiger partial charge in [0.15, 0.2) is 11.5 Å². The number of carbonyl (C=O) groups is 1. The summed E-state index contributed by atoms with van der Waals surface area (Å²) in [6.07, 6.45) is -2.41. The molecule has 3 heterocycles. The summed E-state index contributed by atoms with van der Waals surface area (Å²) in [5.74, 6) is -0.656. The third kappa shape index (κ3) is 2.56. The summed E-state index contributed by atoms with van der Waals surface area (Å²) in [4.78, 5) is 14.6. The van der Waals surface area contributed by atoms with Crippen LogP contribution in [0.3, 0.4) is 0 Å². The van der Waals surface area contributed by atoms with Crippen molar-refractivity contribution in [2.75, 3.05) is 13.1 Å². The Hall–Kier alpha value is -2.67. The number of halogens is 2. The maximum absolute atomic E-state index is 13.4. The van der Waals surface area contributed by atoms with E-state index in [-0.39, 0.29) is 28.6 Å². The van der Waals surface area contributed by atoms with Crippen molar-refractivity contribution in [2.24, 2.45) is 0 Å². The van der Waals surface area contributed by atoms with Gasteiger partial charge in [-0.25, -0.2) is 0 Å². The van der Waals surface area contributed by atoms with Crippen LogP contribution in [0.15, 0.2) is 42.5 Å². The normalized spacial score (nSPS) is 21.3. The molecule has 0 atom stereocenters. The number of amides is 1.